The molecule has 1 aromatic heterocycles. The molecule has 0 aliphatic carbocycles. The molecule has 1 aromatic carbocycles. The lowest BCUT2D eigenvalue weighted by Crippen LogP contribution is -2.24. The van der Waals surface area contributed by atoms with Crippen molar-refractivity contribution in [3.8, 4) is 0 Å². The quantitative estimate of drug-likeness (QED) is 0.888. The molecule has 2 aromatic rings. The van der Waals surface area contributed by atoms with E-state index in [0.29, 0.717) is 11.4 Å². The summed E-state index contributed by atoms with van der Waals surface area (Å²) in [6.45, 7) is 3.84. The van der Waals surface area contributed by atoms with E-state index in [4.69, 9.17) is 0 Å². The van der Waals surface area contributed by atoms with Crippen LogP contribution in [0.15, 0.2) is 42.6 Å². The van der Waals surface area contributed by atoms with Crippen molar-refractivity contribution in [1.82, 2.24) is 4.98 Å². The number of hydrogen-bond donors (Lipinski definition) is 2. The van der Waals surface area contributed by atoms with Crippen molar-refractivity contribution in [2.24, 2.45) is 0 Å². The SMILES string of the molecule is Cc1ccnc(N[C@@H](C)[C@@H](O)c2ccc(F)cc2)c1. The van der Waals surface area contributed by atoms with Gasteiger partial charge in [0.1, 0.15) is 11.6 Å². The third-order valence-electron chi connectivity index (χ3n) is 2.98. The van der Waals surface area contributed by atoms with Gasteiger partial charge in [0.2, 0.25) is 0 Å². The van der Waals surface area contributed by atoms with Gasteiger partial charge in [-0.05, 0) is 49.2 Å². The fraction of sp³-hybridized carbons (Fsp3) is 0.267. The third-order valence-corrected chi connectivity index (χ3v) is 2.98. The van der Waals surface area contributed by atoms with Crippen LogP contribution in [0.5, 0.6) is 0 Å². The summed E-state index contributed by atoms with van der Waals surface area (Å²) in [5.41, 5.74) is 1.77. The minimum Gasteiger partial charge on any atom is -0.386 e. The molecule has 2 atom stereocenters. The first kappa shape index (κ1) is 13.5. The Morgan fingerprint density at radius 1 is 1.21 bits per heavy atom. The highest BCUT2D eigenvalue weighted by Crippen LogP contribution is 2.20. The second-order valence-electron chi connectivity index (χ2n) is 4.65. The molecule has 0 aliphatic rings. The van der Waals surface area contributed by atoms with Crippen molar-refractivity contribution in [3.05, 3.63) is 59.5 Å². The zero-order valence-corrected chi connectivity index (χ0v) is 11.0. The maximum atomic E-state index is 12.8. The monoisotopic (exact) mass is 260 g/mol. The topological polar surface area (TPSA) is 45.2 Å². The first-order valence-electron chi connectivity index (χ1n) is 6.19. The highest BCUT2D eigenvalue weighted by atomic mass is 19.1. The molecule has 0 aliphatic heterocycles. The number of halogens is 1. The van der Waals surface area contributed by atoms with Gasteiger partial charge in [-0.2, -0.15) is 0 Å². The highest BCUT2D eigenvalue weighted by Gasteiger charge is 2.16. The number of nitrogens with zero attached hydrogens (tertiary/aromatic N) is 1. The molecule has 0 unspecified atom stereocenters. The molecule has 3 nitrogen and oxygen atoms in total. The van der Waals surface area contributed by atoms with Crippen molar-refractivity contribution < 1.29 is 9.50 Å². The van der Waals surface area contributed by atoms with Crippen LogP contribution in [-0.4, -0.2) is 16.1 Å². The Bertz CT molecular complexity index is 542. The Morgan fingerprint density at radius 2 is 1.89 bits per heavy atom. The number of hydrogen-bond acceptors (Lipinski definition) is 3. The van der Waals surface area contributed by atoms with Crippen molar-refractivity contribution >= 4 is 5.82 Å². The average molecular weight is 260 g/mol. The van der Waals surface area contributed by atoms with E-state index in [1.165, 1.54) is 12.1 Å². The van der Waals surface area contributed by atoms with E-state index < -0.39 is 6.10 Å². The van der Waals surface area contributed by atoms with Crippen LogP contribution >= 0.6 is 0 Å². The molecule has 0 bridgehead atoms. The lowest BCUT2D eigenvalue weighted by atomic mass is 10.0. The third kappa shape index (κ3) is 3.51. The lowest BCUT2D eigenvalue weighted by Gasteiger charge is -2.21. The largest absolute Gasteiger partial charge is 0.386 e. The molecule has 2 rings (SSSR count). The van der Waals surface area contributed by atoms with Crippen LogP contribution in [0.4, 0.5) is 10.2 Å². The number of nitrogens with one attached hydrogen (secondary N) is 1. The lowest BCUT2D eigenvalue weighted by molar-refractivity contribution is 0.160. The van der Waals surface area contributed by atoms with E-state index in [1.807, 2.05) is 26.0 Å². The van der Waals surface area contributed by atoms with Gasteiger partial charge in [-0.15, -0.1) is 0 Å². The van der Waals surface area contributed by atoms with Gasteiger partial charge in [0.25, 0.3) is 0 Å². The van der Waals surface area contributed by atoms with Gasteiger partial charge in [0.15, 0.2) is 0 Å². The minimum atomic E-state index is -0.720. The maximum absolute atomic E-state index is 12.8. The van der Waals surface area contributed by atoms with E-state index in [-0.39, 0.29) is 11.9 Å². The predicted molar refractivity (Wildman–Crippen MR) is 73.4 cm³/mol. The molecule has 0 fully saturated rings. The Hall–Kier alpha value is -1.94. The molecular formula is C15H17FN2O. The van der Waals surface area contributed by atoms with Gasteiger partial charge in [-0.3, -0.25) is 0 Å². The normalized spacial score (nSPS) is 13.9. The first-order chi connectivity index (χ1) is 9.06. The molecule has 0 saturated carbocycles. The summed E-state index contributed by atoms with van der Waals surface area (Å²) in [6, 6.07) is 9.45. The number of aromatic nitrogens is 1. The van der Waals surface area contributed by atoms with Crippen molar-refractivity contribution in [2.45, 2.75) is 26.0 Å². The molecule has 1 heterocycles. The Morgan fingerprint density at radius 3 is 2.53 bits per heavy atom. The van der Waals surface area contributed by atoms with E-state index in [2.05, 4.69) is 10.3 Å². The van der Waals surface area contributed by atoms with Crippen LogP contribution in [0.25, 0.3) is 0 Å². The van der Waals surface area contributed by atoms with Gasteiger partial charge in [0, 0.05) is 6.20 Å². The van der Waals surface area contributed by atoms with Crippen molar-refractivity contribution in [1.29, 1.82) is 0 Å². The zero-order valence-electron chi connectivity index (χ0n) is 11.0. The Kier molecular flexibility index (Phi) is 4.12. The molecule has 0 amide bonds. The summed E-state index contributed by atoms with van der Waals surface area (Å²) in [6.07, 6.45) is 0.997. The minimum absolute atomic E-state index is 0.222. The van der Waals surface area contributed by atoms with Crippen LogP contribution in [0, 0.1) is 12.7 Å². The van der Waals surface area contributed by atoms with Crippen LogP contribution in [0.1, 0.15) is 24.2 Å². The predicted octanol–water partition coefficient (Wildman–Crippen LogP) is 3.06. The van der Waals surface area contributed by atoms with E-state index in [9.17, 15) is 9.50 Å². The smallest absolute Gasteiger partial charge is 0.126 e. The number of rotatable bonds is 4. The maximum Gasteiger partial charge on any atom is 0.126 e. The summed E-state index contributed by atoms with van der Waals surface area (Å²) in [5, 5.41) is 13.3. The van der Waals surface area contributed by atoms with Gasteiger partial charge >= 0.3 is 0 Å². The number of pyridine rings is 1. The zero-order chi connectivity index (χ0) is 13.8. The molecule has 4 heteroatoms. The molecule has 19 heavy (non-hydrogen) atoms. The highest BCUT2D eigenvalue weighted by molar-refractivity contribution is 5.38. The van der Waals surface area contributed by atoms with Gasteiger partial charge in [-0.25, -0.2) is 9.37 Å². The second-order valence-corrected chi connectivity index (χ2v) is 4.65. The number of benzene rings is 1. The van der Waals surface area contributed by atoms with Gasteiger partial charge in [-0.1, -0.05) is 12.1 Å². The average Bonchev–Trinajstić information content (AvgIpc) is 2.39. The second kappa shape index (κ2) is 5.80. The van der Waals surface area contributed by atoms with Crippen LogP contribution in [-0.2, 0) is 0 Å². The molecule has 0 radical (unpaired) electrons. The Labute approximate surface area is 112 Å². The van der Waals surface area contributed by atoms with Crippen LogP contribution in [0.3, 0.4) is 0 Å². The van der Waals surface area contributed by atoms with E-state index in [1.54, 1.807) is 18.3 Å². The summed E-state index contributed by atoms with van der Waals surface area (Å²) in [5.74, 6) is 0.408. The molecule has 0 spiro atoms. The summed E-state index contributed by atoms with van der Waals surface area (Å²) in [7, 11) is 0. The van der Waals surface area contributed by atoms with Crippen molar-refractivity contribution in [3.63, 3.8) is 0 Å². The number of anilines is 1. The molecule has 0 saturated heterocycles. The van der Waals surface area contributed by atoms with Crippen LogP contribution < -0.4 is 5.32 Å². The molecule has 2 N–H and O–H groups in total. The van der Waals surface area contributed by atoms with E-state index in [0.717, 1.165) is 5.56 Å². The molecular weight excluding hydrogens is 243 g/mol. The fourth-order valence-corrected chi connectivity index (χ4v) is 1.88. The number of aryl methyl sites for hydroxylation is 1. The standard InChI is InChI=1S/C15H17FN2O/c1-10-7-8-17-14(9-10)18-11(2)15(19)12-3-5-13(16)6-4-12/h3-9,11,15,19H,1-2H3,(H,17,18)/t11-,15+/m0/s1. The molecule has 100 valence electrons. The number of aliphatic hydroxyl groups is 1. The number of aliphatic hydroxyl groups excluding tert-OH is 1. The van der Waals surface area contributed by atoms with Crippen LogP contribution in [0.2, 0.25) is 0 Å². The van der Waals surface area contributed by atoms with Gasteiger partial charge in [0.05, 0.1) is 12.1 Å². The summed E-state index contributed by atoms with van der Waals surface area (Å²) in [4.78, 5) is 4.19. The van der Waals surface area contributed by atoms with E-state index >= 15 is 0 Å². The van der Waals surface area contributed by atoms with Crippen molar-refractivity contribution in [2.75, 3.05) is 5.32 Å². The fourth-order valence-electron chi connectivity index (χ4n) is 1.88. The summed E-state index contributed by atoms with van der Waals surface area (Å²) >= 11 is 0. The first-order valence-corrected chi connectivity index (χ1v) is 6.19. The van der Waals surface area contributed by atoms with Gasteiger partial charge < -0.3 is 10.4 Å². The summed E-state index contributed by atoms with van der Waals surface area (Å²) < 4.78 is 12.8. The Balaban J connectivity index is 2.07.